The number of fused-ring (bicyclic) bond motifs is 1. The minimum absolute atomic E-state index is 0.368. The van der Waals surface area contributed by atoms with Crippen molar-refractivity contribution in [3.05, 3.63) is 29.0 Å². The third-order valence-electron chi connectivity index (χ3n) is 4.72. The summed E-state index contributed by atoms with van der Waals surface area (Å²) in [6.07, 6.45) is 8.83. The third-order valence-corrected chi connectivity index (χ3v) is 5.06. The van der Waals surface area contributed by atoms with Gasteiger partial charge in [-0.2, -0.15) is 0 Å². The number of hydrogen-bond donors (Lipinski definition) is 1. The van der Waals surface area contributed by atoms with Crippen molar-refractivity contribution in [3.63, 3.8) is 0 Å². The molecular formula is C15H19ClN2O2. The molecule has 1 aromatic heterocycles. The number of aliphatic carboxylic acids is 1. The number of likely N-dealkylation sites (tertiary alicyclic amines) is 1. The van der Waals surface area contributed by atoms with Gasteiger partial charge in [0.05, 0.1) is 5.02 Å². The average molecular weight is 295 g/mol. The van der Waals surface area contributed by atoms with E-state index < -0.39 is 5.97 Å². The summed E-state index contributed by atoms with van der Waals surface area (Å²) in [5.41, 5.74) is 0.971. The lowest BCUT2D eigenvalue weighted by Gasteiger charge is -2.33. The quantitative estimate of drug-likeness (QED) is 0.931. The molecule has 108 valence electrons. The van der Waals surface area contributed by atoms with E-state index in [4.69, 9.17) is 11.6 Å². The summed E-state index contributed by atoms with van der Waals surface area (Å²) in [5, 5.41) is 10.1. The van der Waals surface area contributed by atoms with Crippen LogP contribution in [0.2, 0.25) is 5.02 Å². The highest BCUT2D eigenvalue weighted by Gasteiger charge is 2.45. The van der Waals surface area contributed by atoms with Gasteiger partial charge in [-0.15, -0.1) is 0 Å². The summed E-state index contributed by atoms with van der Waals surface area (Å²) in [6.45, 7) is 0.611. The highest BCUT2D eigenvalue weighted by Crippen LogP contribution is 2.40. The van der Waals surface area contributed by atoms with Crippen molar-refractivity contribution >= 4 is 17.6 Å². The Balaban J connectivity index is 1.84. The second kappa shape index (κ2) is 5.70. The molecule has 0 amide bonds. The van der Waals surface area contributed by atoms with E-state index in [1.54, 1.807) is 12.4 Å². The molecular weight excluding hydrogens is 276 g/mol. The van der Waals surface area contributed by atoms with Crippen LogP contribution in [0.3, 0.4) is 0 Å². The second-order valence-corrected chi connectivity index (χ2v) is 6.25. The van der Waals surface area contributed by atoms with E-state index in [1.807, 2.05) is 6.07 Å². The third kappa shape index (κ3) is 2.54. The maximum absolute atomic E-state index is 11.5. The van der Waals surface area contributed by atoms with Crippen LogP contribution < -0.4 is 0 Å². The summed E-state index contributed by atoms with van der Waals surface area (Å²) in [4.78, 5) is 17.7. The molecule has 0 aromatic carbocycles. The van der Waals surface area contributed by atoms with Gasteiger partial charge >= 0.3 is 5.97 Å². The number of carboxylic acid groups (broad SMARTS) is 1. The van der Waals surface area contributed by atoms with Crippen LogP contribution in [0.1, 0.15) is 37.7 Å². The normalized spacial score (nSPS) is 30.1. The van der Waals surface area contributed by atoms with Gasteiger partial charge < -0.3 is 5.11 Å². The number of rotatable bonds is 3. The lowest BCUT2D eigenvalue weighted by molar-refractivity contribution is -0.142. The molecule has 0 spiro atoms. The fourth-order valence-corrected chi connectivity index (χ4v) is 3.93. The molecule has 20 heavy (non-hydrogen) atoms. The predicted octanol–water partition coefficient (Wildman–Crippen LogP) is 2.95. The van der Waals surface area contributed by atoms with E-state index in [-0.39, 0.29) is 6.04 Å². The number of nitrogens with zero attached hydrogens (tertiary/aromatic N) is 2. The maximum Gasteiger partial charge on any atom is 0.320 e. The minimum Gasteiger partial charge on any atom is -0.480 e. The Kier molecular flexibility index (Phi) is 3.94. The first-order valence-electron chi connectivity index (χ1n) is 7.23. The van der Waals surface area contributed by atoms with Gasteiger partial charge in [-0.05, 0) is 36.8 Å². The Hall–Kier alpha value is -1.13. The first-order valence-corrected chi connectivity index (χ1v) is 7.61. The summed E-state index contributed by atoms with van der Waals surface area (Å²) in [6, 6.07) is 1.92. The zero-order valence-corrected chi connectivity index (χ0v) is 12.1. The molecule has 1 aliphatic carbocycles. The van der Waals surface area contributed by atoms with Crippen molar-refractivity contribution in [3.8, 4) is 0 Å². The lowest BCUT2D eigenvalue weighted by atomic mass is 9.84. The summed E-state index contributed by atoms with van der Waals surface area (Å²) < 4.78 is 0. The van der Waals surface area contributed by atoms with Crippen LogP contribution in [-0.2, 0) is 11.3 Å². The monoisotopic (exact) mass is 294 g/mol. The topological polar surface area (TPSA) is 53.4 Å². The first-order chi connectivity index (χ1) is 9.66. The van der Waals surface area contributed by atoms with Gasteiger partial charge in [0.1, 0.15) is 6.04 Å². The smallest absolute Gasteiger partial charge is 0.320 e. The van der Waals surface area contributed by atoms with Gasteiger partial charge in [0.2, 0.25) is 0 Å². The average Bonchev–Trinajstić information content (AvgIpc) is 2.81. The number of pyridine rings is 1. The molecule has 2 aliphatic rings. The molecule has 0 bridgehead atoms. The minimum atomic E-state index is -0.704. The van der Waals surface area contributed by atoms with Crippen LogP contribution in [-0.4, -0.2) is 33.0 Å². The van der Waals surface area contributed by atoms with Crippen LogP contribution >= 0.6 is 11.6 Å². The second-order valence-electron chi connectivity index (χ2n) is 5.84. The van der Waals surface area contributed by atoms with Crippen molar-refractivity contribution in [2.24, 2.45) is 5.92 Å². The van der Waals surface area contributed by atoms with Gasteiger partial charge in [-0.1, -0.05) is 24.4 Å². The SMILES string of the molecule is O=C(O)[C@@H]1C[C@H]2CCCC[C@@H]2N1Cc1ccncc1Cl. The Morgan fingerprint density at radius 2 is 2.25 bits per heavy atom. The van der Waals surface area contributed by atoms with Crippen molar-refractivity contribution in [2.75, 3.05) is 0 Å². The molecule has 1 aliphatic heterocycles. The van der Waals surface area contributed by atoms with Gasteiger partial charge in [0.15, 0.2) is 0 Å². The molecule has 1 saturated carbocycles. The summed E-state index contributed by atoms with van der Waals surface area (Å²) in [5.74, 6) is -0.171. The van der Waals surface area contributed by atoms with Crippen LogP contribution in [0.15, 0.2) is 18.5 Å². The molecule has 4 nitrogen and oxygen atoms in total. The zero-order chi connectivity index (χ0) is 14.1. The number of halogens is 1. The predicted molar refractivity (Wildman–Crippen MR) is 76.6 cm³/mol. The van der Waals surface area contributed by atoms with Crippen molar-refractivity contribution < 1.29 is 9.90 Å². The first kappa shape index (κ1) is 13.8. The molecule has 1 N–H and O–H groups in total. The standard InChI is InChI=1S/C15H19ClN2O2/c16-12-8-17-6-5-11(12)9-18-13-4-2-1-3-10(13)7-14(18)15(19)20/h5-6,8,10,13-14H,1-4,7,9H2,(H,19,20)/t10-,13+,14+/m1/s1. The number of aromatic nitrogens is 1. The van der Waals surface area contributed by atoms with Crippen LogP contribution in [0.25, 0.3) is 0 Å². The van der Waals surface area contributed by atoms with E-state index in [2.05, 4.69) is 9.88 Å². The van der Waals surface area contributed by atoms with E-state index >= 15 is 0 Å². The summed E-state index contributed by atoms with van der Waals surface area (Å²) >= 11 is 6.17. The molecule has 2 heterocycles. The van der Waals surface area contributed by atoms with Gasteiger partial charge in [0, 0.05) is 25.0 Å². The van der Waals surface area contributed by atoms with Crippen LogP contribution in [0, 0.1) is 5.92 Å². The van der Waals surface area contributed by atoms with E-state index in [0.717, 1.165) is 24.8 Å². The number of carbonyl (C=O) groups is 1. The number of carboxylic acids is 1. The Morgan fingerprint density at radius 1 is 1.45 bits per heavy atom. The lowest BCUT2D eigenvalue weighted by Crippen LogP contribution is -2.41. The zero-order valence-electron chi connectivity index (χ0n) is 11.3. The fourth-order valence-electron chi connectivity index (χ4n) is 3.75. The molecule has 3 rings (SSSR count). The highest BCUT2D eigenvalue weighted by molar-refractivity contribution is 6.31. The van der Waals surface area contributed by atoms with Crippen molar-refractivity contribution in [2.45, 2.75) is 50.7 Å². The van der Waals surface area contributed by atoms with Crippen molar-refractivity contribution in [1.82, 2.24) is 9.88 Å². The fraction of sp³-hybridized carbons (Fsp3) is 0.600. The van der Waals surface area contributed by atoms with Gasteiger partial charge in [0.25, 0.3) is 0 Å². The van der Waals surface area contributed by atoms with Crippen molar-refractivity contribution in [1.29, 1.82) is 0 Å². The maximum atomic E-state index is 11.5. The van der Waals surface area contributed by atoms with Crippen LogP contribution in [0.5, 0.6) is 0 Å². The molecule has 0 radical (unpaired) electrons. The molecule has 0 unspecified atom stereocenters. The van der Waals surface area contributed by atoms with E-state index in [0.29, 0.717) is 23.5 Å². The van der Waals surface area contributed by atoms with Gasteiger partial charge in [-0.3, -0.25) is 14.7 Å². The molecule has 1 saturated heterocycles. The van der Waals surface area contributed by atoms with Crippen LogP contribution in [0.4, 0.5) is 0 Å². The Bertz CT molecular complexity index is 508. The molecule has 2 fully saturated rings. The largest absolute Gasteiger partial charge is 0.480 e. The molecule has 3 atom stereocenters. The number of hydrogen-bond acceptors (Lipinski definition) is 3. The Labute approximate surface area is 123 Å². The Morgan fingerprint density at radius 3 is 3.00 bits per heavy atom. The van der Waals surface area contributed by atoms with E-state index in [1.165, 1.54) is 12.8 Å². The molecule has 1 aromatic rings. The summed E-state index contributed by atoms with van der Waals surface area (Å²) in [7, 11) is 0. The van der Waals surface area contributed by atoms with Gasteiger partial charge in [-0.25, -0.2) is 0 Å². The highest BCUT2D eigenvalue weighted by atomic mass is 35.5. The molecule has 5 heteroatoms. The van der Waals surface area contributed by atoms with E-state index in [9.17, 15) is 9.90 Å².